The molecule has 8 heteroatoms. The molecule has 8 nitrogen and oxygen atoms in total. The second kappa shape index (κ2) is 13.1. The third kappa shape index (κ3) is 8.24. The highest BCUT2D eigenvalue weighted by molar-refractivity contribution is 6.04. The summed E-state index contributed by atoms with van der Waals surface area (Å²) < 4.78 is 21.4. The van der Waals surface area contributed by atoms with Crippen LogP contribution in [0.25, 0.3) is 0 Å². The van der Waals surface area contributed by atoms with Crippen LogP contribution in [-0.4, -0.2) is 83.2 Å². The molecule has 0 atom stereocenters. The van der Waals surface area contributed by atoms with Crippen LogP contribution in [-0.2, 0) is 14.2 Å². The largest absolute Gasteiger partial charge is 0.497 e. The minimum Gasteiger partial charge on any atom is -0.497 e. The predicted octanol–water partition coefficient (Wildman–Crippen LogP) is 1.56. The fourth-order valence-corrected chi connectivity index (χ4v) is 2.67. The lowest BCUT2D eigenvalue weighted by atomic mass is 10.2. The van der Waals surface area contributed by atoms with Crippen molar-refractivity contribution in [1.29, 1.82) is 0 Å². The first-order chi connectivity index (χ1) is 13.7. The van der Waals surface area contributed by atoms with Crippen LogP contribution in [0.3, 0.4) is 0 Å². The zero-order chi connectivity index (χ0) is 20.0. The Kier molecular flexibility index (Phi) is 10.3. The second-order valence-electron chi connectivity index (χ2n) is 6.22. The maximum Gasteiger partial charge on any atom is 0.291 e. The zero-order valence-electron chi connectivity index (χ0n) is 16.8. The van der Waals surface area contributed by atoms with Crippen molar-refractivity contribution in [3.8, 4) is 5.75 Å². The molecule has 1 aromatic carbocycles. The molecule has 0 aliphatic carbocycles. The number of methoxy groups -OCH3 is 1. The molecule has 2 rings (SSSR count). The highest BCUT2D eigenvalue weighted by Gasteiger charge is 2.12. The van der Waals surface area contributed by atoms with Gasteiger partial charge >= 0.3 is 0 Å². The van der Waals surface area contributed by atoms with Crippen LogP contribution in [0.4, 0.5) is 0 Å². The van der Waals surface area contributed by atoms with E-state index in [4.69, 9.17) is 18.9 Å². The van der Waals surface area contributed by atoms with E-state index in [0.717, 1.165) is 39.3 Å². The average Bonchev–Trinajstić information content (AvgIpc) is 2.74. The number of carbonyl (C=O) groups is 1. The lowest BCUT2D eigenvalue weighted by Gasteiger charge is -2.26. The van der Waals surface area contributed by atoms with Gasteiger partial charge in [-0.05, 0) is 37.6 Å². The highest BCUT2D eigenvalue weighted by atomic mass is 16.5. The van der Waals surface area contributed by atoms with Crippen molar-refractivity contribution in [2.24, 2.45) is 4.99 Å². The Morgan fingerprint density at radius 3 is 2.64 bits per heavy atom. The van der Waals surface area contributed by atoms with E-state index in [1.807, 2.05) is 6.92 Å². The van der Waals surface area contributed by atoms with Crippen molar-refractivity contribution in [3.05, 3.63) is 29.8 Å². The molecule has 0 bridgehead atoms. The topological polar surface area (TPSA) is 81.6 Å². The fourth-order valence-electron chi connectivity index (χ4n) is 2.67. The molecule has 0 spiro atoms. The molecule has 28 heavy (non-hydrogen) atoms. The number of rotatable bonds is 10. The van der Waals surface area contributed by atoms with Crippen molar-refractivity contribution < 1.29 is 23.7 Å². The van der Waals surface area contributed by atoms with Gasteiger partial charge in [0.05, 0.1) is 26.9 Å². The van der Waals surface area contributed by atoms with Gasteiger partial charge in [-0.3, -0.25) is 15.0 Å². The van der Waals surface area contributed by atoms with Gasteiger partial charge in [-0.25, -0.2) is 4.99 Å². The summed E-state index contributed by atoms with van der Waals surface area (Å²) in [6.45, 7) is 8.32. The number of hydrogen-bond donors (Lipinski definition) is 1. The van der Waals surface area contributed by atoms with Gasteiger partial charge in [-0.1, -0.05) is 0 Å². The van der Waals surface area contributed by atoms with Gasteiger partial charge in [-0.15, -0.1) is 0 Å². The number of carbonyl (C=O) groups excluding carboxylic acids is 1. The summed E-state index contributed by atoms with van der Waals surface area (Å²) in [6, 6.07) is 7.10. The highest BCUT2D eigenvalue weighted by Crippen LogP contribution is 2.11. The van der Waals surface area contributed by atoms with Gasteiger partial charge in [0.15, 0.2) is 0 Å². The van der Waals surface area contributed by atoms with E-state index < -0.39 is 0 Å². The zero-order valence-corrected chi connectivity index (χ0v) is 16.8. The normalized spacial score (nSPS) is 15.3. The molecule has 1 saturated heterocycles. The number of amidine groups is 1. The lowest BCUT2D eigenvalue weighted by Crippen LogP contribution is -2.37. The molecule has 1 heterocycles. The van der Waals surface area contributed by atoms with Crippen molar-refractivity contribution in [2.45, 2.75) is 13.3 Å². The van der Waals surface area contributed by atoms with E-state index >= 15 is 0 Å². The summed E-state index contributed by atoms with van der Waals surface area (Å²) >= 11 is 0. The molecule has 1 aromatic rings. The third-order valence-electron chi connectivity index (χ3n) is 4.23. The van der Waals surface area contributed by atoms with Crippen LogP contribution in [0, 0.1) is 0 Å². The summed E-state index contributed by atoms with van der Waals surface area (Å²) in [5.74, 6) is 0.424. The minimum atomic E-state index is -0.272. The Hall–Kier alpha value is -2.16. The van der Waals surface area contributed by atoms with Gasteiger partial charge in [0.2, 0.25) is 0 Å². The lowest BCUT2D eigenvalue weighted by molar-refractivity contribution is 0.0377. The predicted molar refractivity (Wildman–Crippen MR) is 107 cm³/mol. The number of amides is 1. The third-order valence-corrected chi connectivity index (χ3v) is 4.23. The number of benzene rings is 1. The minimum absolute atomic E-state index is 0.225. The van der Waals surface area contributed by atoms with Crippen LogP contribution in [0.1, 0.15) is 23.7 Å². The Labute approximate surface area is 166 Å². The molecule has 1 aliphatic rings. The molecule has 156 valence electrons. The molecule has 1 aliphatic heterocycles. The summed E-state index contributed by atoms with van der Waals surface area (Å²) in [5, 5.41) is 2.75. The number of aliphatic imine (C=N–C) groups is 1. The van der Waals surface area contributed by atoms with Gasteiger partial charge in [0.1, 0.15) is 12.4 Å². The molecule has 0 radical (unpaired) electrons. The standard InChI is InChI=1S/C20H31N3O5/c1-3-26-15-16-28-20(21-9-4-10-23-11-13-27-14-12-23)22-19(24)17-5-7-18(25-2)8-6-17/h5-8H,3-4,9-16H2,1-2H3,(H,21,22,24). The monoisotopic (exact) mass is 393 g/mol. The van der Waals surface area contributed by atoms with E-state index in [1.54, 1.807) is 31.4 Å². The van der Waals surface area contributed by atoms with Crippen molar-refractivity contribution in [1.82, 2.24) is 10.2 Å². The number of nitrogens with zero attached hydrogens (tertiary/aromatic N) is 2. The maximum absolute atomic E-state index is 12.5. The van der Waals surface area contributed by atoms with Crippen LogP contribution < -0.4 is 10.1 Å². The Morgan fingerprint density at radius 2 is 1.96 bits per heavy atom. The Morgan fingerprint density at radius 1 is 1.21 bits per heavy atom. The molecule has 1 N–H and O–H groups in total. The van der Waals surface area contributed by atoms with Crippen molar-refractivity contribution in [3.63, 3.8) is 0 Å². The van der Waals surface area contributed by atoms with Crippen LogP contribution in [0.5, 0.6) is 5.75 Å². The van der Waals surface area contributed by atoms with Crippen molar-refractivity contribution >= 4 is 11.9 Å². The molecule has 1 amide bonds. The van der Waals surface area contributed by atoms with Gasteiger partial charge < -0.3 is 18.9 Å². The van der Waals surface area contributed by atoms with E-state index in [1.165, 1.54) is 0 Å². The Balaban J connectivity index is 1.85. The van der Waals surface area contributed by atoms with Crippen LogP contribution in [0.2, 0.25) is 0 Å². The van der Waals surface area contributed by atoms with Gasteiger partial charge in [-0.2, -0.15) is 0 Å². The maximum atomic E-state index is 12.5. The van der Waals surface area contributed by atoms with Crippen LogP contribution in [0.15, 0.2) is 29.3 Å². The summed E-state index contributed by atoms with van der Waals surface area (Å²) in [6.07, 6.45) is 0.886. The van der Waals surface area contributed by atoms with E-state index in [-0.39, 0.29) is 11.9 Å². The molecular formula is C20H31N3O5. The first kappa shape index (κ1) is 22.1. The molecular weight excluding hydrogens is 362 g/mol. The van der Waals surface area contributed by atoms with E-state index in [9.17, 15) is 4.79 Å². The SMILES string of the molecule is CCOCCOC(=NCCCN1CCOCC1)NC(=O)c1ccc(OC)cc1. The van der Waals surface area contributed by atoms with Gasteiger partial charge in [0, 0.05) is 38.3 Å². The Bertz CT molecular complexity index is 600. The smallest absolute Gasteiger partial charge is 0.291 e. The van der Waals surface area contributed by atoms with Crippen molar-refractivity contribution in [2.75, 3.05) is 66.3 Å². The van der Waals surface area contributed by atoms with E-state index in [0.29, 0.717) is 37.7 Å². The summed E-state index contributed by atoms with van der Waals surface area (Å²) in [5.41, 5.74) is 0.509. The summed E-state index contributed by atoms with van der Waals surface area (Å²) in [4.78, 5) is 19.2. The first-order valence-electron chi connectivity index (χ1n) is 9.73. The second-order valence-corrected chi connectivity index (χ2v) is 6.22. The molecule has 0 saturated carbocycles. The molecule has 0 aromatic heterocycles. The van der Waals surface area contributed by atoms with Gasteiger partial charge in [0.25, 0.3) is 11.9 Å². The number of ether oxygens (including phenoxy) is 4. The van der Waals surface area contributed by atoms with Crippen LogP contribution >= 0.6 is 0 Å². The summed E-state index contributed by atoms with van der Waals surface area (Å²) in [7, 11) is 1.59. The molecule has 0 unspecified atom stereocenters. The average molecular weight is 393 g/mol. The number of nitrogens with one attached hydrogen (secondary N) is 1. The first-order valence-corrected chi connectivity index (χ1v) is 9.73. The molecule has 1 fully saturated rings. The number of morpholine rings is 1. The number of hydrogen-bond acceptors (Lipinski definition) is 7. The quantitative estimate of drug-likeness (QED) is 0.369. The fraction of sp³-hybridized carbons (Fsp3) is 0.600. The van der Waals surface area contributed by atoms with E-state index in [2.05, 4.69) is 15.2 Å².